The third-order valence-corrected chi connectivity index (χ3v) is 3.49. The van der Waals surface area contributed by atoms with Crippen LogP contribution in [0.15, 0.2) is 18.2 Å². The SMILES string of the molecule is Cl.NC[C@H]1CCC[C@H]1C(=O)Nc1ccc(F)c(F)c1. The van der Waals surface area contributed by atoms with Gasteiger partial charge in [-0.05, 0) is 37.4 Å². The summed E-state index contributed by atoms with van der Waals surface area (Å²) in [4.78, 5) is 12.0. The van der Waals surface area contributed by atoms with Crippen LogP contribution in [0.25, 0.3) is 0 Å². The molecule has 1 aliphatic carbocycles. The molecule has 0 heterocycles. The summed E-state index contributed by atoms with van der Waals surface area (Å²) in [5, 5.41) is 2.62. The number of halogens is 3. The maximum absolute atomic E-state index is 13.0. The molecule has 0 saturated heterocycles. The van der Waals surface area contributed by atoms with Gasteiger partial charge in [-0.15, -0.1) is 12.4 Å². The van der Waals surface area contributed by atoms with E-state index in [-0.39, 0.29) is 35.8 Å². The Labute approximate surface area is 117 Å². The monoisotopic (exact) mass is 290 g/mol. The van der Waals surface area contributed by atoms with Gasteiger partial charge < -0.3 is 11.1 Å². The van der Waals surface area contributed by atoms with E-state index < -0.39 is 11.6 Å². The molecule has 0 spiro atoms. The molecule has 2 rings (SSSR count). The summed E-state index contributed by atoms with van der Waals surface area (Å²) in [5.41, 5.74) is 5.89. The number of anilines is 1. The lowest BCUT2D eigenvalue weighted by atomic mass is 9.95. The smallest absolute Gasteiger partial charge is 0.227 e. The fourth-order valence-corrected chi connectivity index (χ4v) is 2.47. The normalized spacial score (nSPS) is 21.8. The summed E-state index contributed by atoms with van der Waals surface area (Å²) in [6.45, 7) is 0.482. The Kier molecular flexibility index (Phi) is 5.69. The van der Waals surface area contributed by atoms with E-state index >= 15 is 0 Å². The molecule has 106 valence electrons. The van der Waals surface area contributed by atoms with Crippen molar-refractivity contribution in [2.75, 3.05) is 11.9 Å². The molecule has 3 N–H and O–H groups in total. The van der Waals surface area contributed by atoms with Crippen molar-refractivity contribution in [1.82, 2.24) is 0 Å². The third kappa shape index (κ3) is 3.64. The maximum atomic E-state index is 13.0. The van der Waals surface area contributed by atoms with Crippen molar-refractivity contribution in [3.63, 3.8) is 0 Å². The summed E-state index contributed by atoms with van der Waals surface area (Å²) in [6, 6.07) is 3.34. The number of benzene rings is 1. The number of nitrogens with one attached hydrogen (secondary N) is 1. The molecule has 1 aromatic carbocycles. The molecule has 6 heteroatoms. The molecule has 1 saturated carbocycles. The van der Waals surface area contributed by atoms with Gasteiger partial charge in [-0.25, -0.2) is 8.78 Å². The Hall–Kier alpha value is -1.20. The van der Waals surface area contributed by atoms with E-state index in [1.165, 1.54) is 6.07 Å². The molecule has 0 aliphatic heterocycles. The first-order valence-corrected chi connectivity index (χ1v) is 6.08. The largest absolute Gasteiger partial charge is 0.330 e. The van der Waals surface area contributed by atoms with Gasteiger partial charge in [-0.1, -0.05) is 6.42 Å². The van der Waals surface area contributed by atoms with Crippen LogP contribution in [0.4, 0.5) is 14.5 Å². The lowest BCUT2D eigenvalue weighted by molar-refractivity contribution is -0.120. The van der Waals surface area contributed by atoms with Gasteiger partial charge in [0.25, 0.3) is 0 Å². The molecule has 1 aromatic rings. The van der Waals surface area contributed by atoms with Crippen LogP contribution in [0.3, 0.4) is 0 Å². The predicted molar refractivity (Wildman–Crippen MR) is 72.1 cm³/mol. The van der Waals surface area contributed by atoms with Gasteiger partial charge >= 0.3 is 0 Å². The Balaban J connectivity index is 0.00000180. The molecule has 0 aromatic heterocycles. The Morgan fingerprint density at radius 2 is 2.05 bits per heavy atom. The van der Waals surface area contributed by atoms with E-state index in [9.17, 15) is 13.6 Å². The summed E-state index contributed by atoms with van der Waals surface area (Å²) in [7, 11) is 0. The minimum Gasteiger partial charge on any atom is -0.330 e. The molecular weight excluding hydrogens is 274 g/mol. The fraction of sp³-hybridized carbons (Fsp3) is 0.462. The molecule has 1 fully saturated rings. The van der Waals surface area contributed by atoms with Crippen molar-refractivity contribution in [3.05, 3.63) is 29.8 Å². The summed E-state index contributed by atoms with van der Waals surface area (Å²) < 4.78 is 25.8. The molecule has 19 heavy (non-hydrogen) atoms. The van der Waals surface area contributed by atoms with Crippen LogP contribution in [-0.2, 0) is 4.79 Å². The minimum absolute atomic E-state index is 0. The summed E-state index contributed by atoms with van der Waals surface area (Å²) >= 11 is 0. The first-order valence-electron chi connectivity index (χ1n) is 6.08. The Morgan fingerprint density at radius 1 is 1.32 bits per heavy atom. The molecule has 3 nitrogen and oxygen atoms in total. The predicted octanol–water partition coefficient (Wildman–Crippen LogP) is 2.70. The summed E-state index contributed by atoms with van der Waals surface area (Å²) in [6.07, 6.45) is 2.74. The van der Waals surface area contributed by atoms with Gasteiger partial charge in [0.05, 0.1) is 0 Å². The molecule has 0 radical (unpaired) electrons. The van der Waals surface area contributed by atoms with E-state index in [1.807, 2.05) is 0 Å². The average Bonchev–Trinajstić information content (AvgIpc) is 2.82. The number of amides is 1. The van der Waals surface area contributed by atoms with Crippen LogP contribution in [0.2, 0.25) is 0 Å². The van der Waals surface area contributed by atoms with Gasteiger partial charge in [0.2, 0.25) is 5.91 Å². The zero-order valence-electron chi connectivity index (χ0n) is 10.4. The zero-order chi connectivity index (χ0) is 13.1. The van der Waals surface area contributed by atoms with Crippen LogP contribution < -0.4 is 11.1 Å². The second-order valence-electron chi connectivity index (χ2n) is 4.65. The number of carbonyl (C=O) groups is 1. The van der Waals surface area contributed by atoms with Crippen LogP contribution in [-0.4, -0.2) is 12.5 Å². The van der Waals surface area contributed by atoms with Crippen LogP contribution >= 0.6 is 12.4 Å². The Bertz CT molecular complexity index is 456. The van der Waals surface area contributed by atoms with Crippen molar-refractivity contribution < 1.29 is 13.6 Å². The number of carbonyl (C=O) groups excluding carboxylic acids is 1. The van der Waals surface area contributed by atoms with E-state index in [0.29, 0.717) is 6.54 Å². The molecule has 1 amide bonds. The van der Waals surface area contributed by atoms with Gasteiger partial charge in [0.1, 0.15) is 0 Å². The van der Waals surface area contributed by atoms with Crippen molar-refractivity contribution >= 4 is 24.0 Å². The molecule has 1 aliphatic rings. The maximum Gasteiger partial charge on any atom is 0.227 e. The highest BCUT2D eigenvalue weighted by molar-refractivity contribution is 5.92. The molecule has 0 bridgehead atoms. The second-order valence-corrected chi connectivity index (χ2v) is 4.65. The molecule has 0 unspecified atom stereocenters. The van der Waals surface area contributed by atoms with E-state index in [2.05, 4.69) is 5.32 Å². The Morgan fingerprint density at radius 3 is 2.68 bits per heavy atom. The van der Waals surface area contributed by atoms with Crippen LogP contribution in [0.1, 0.15) is 19.3 Å². The van der Waals surface area contributed by atoms with Crippen molar-refractivity contribution in [2.45, 2.75) is 19.3 Å². The van der Waals surface area contributed by atoms with Crippen LogP contribution in [0.5, 0.6) is 0 Å². The standard InChI is InChI=1S/C13H16F2N2O.ClH/c14-11-5-4-9(6-12(11)15)17-13(18)10-3-1-2-8(10)7-16;/h4-6,8,10H,1-3,7,16H2,(H,17,18);1H/t8-,10-;/m1./s1. The number of hydrogen-bond acceptors (Lipinski definition) is 2. The summed E-state index contributed by atoms with van der Waals surface area (Å²) in [5.74, 6) is -1.98. The van der Waals surface area contributed by atoms with Gasteiger partial charge in [0.15, 0.2) is 11.6 Å². The zero-order valence-corrected chi connectivity index (χ0v) is 11.2. The van der Waals surface area contributed by atoms with Gasteiger partial charge in [0, 0.05) is 17.7 Å². The molecule has 2 atom stereocenters. The van der Waals surface area contributed by atoms with Crippen molar-refractivity contribution in [2.24, 2.45) is 17.6 Å². The highest BCUT2D eigenvalue weighted by Gasteiger charge is 2.31. The van der Waals surface area contributed by atoms with E-state index in [0.717, 1.165) is 31.4 Å². The van der Waals surface area contributed by atoms with Crippen LogP contribution in [0, 0.1) is 23.5 Å². The minimum atomic E-state index is -0.963. The third-order valence-electron chi connectivity index (χ3n) is 3.49. The number of rotatable bonds is 3. The first-order chi connectivity index (χ1) is 8.61. The topological polar surface area (TPSA) is 55.1 Å². The highest BCUT2D eigenvalue weighted by Crippen LogP contribution is 2.31. The number of hydrogen-bond donors (Lipinski definition) is 2. The first kappa shape index (κ1) is 15.9. The average molecular weight is 291 g/mol. The van der Waals surface area contributed by atoms with E-state index in [4.69, 9.17) is 5.73 Å². The van der Waals surface area contributed by atoms with Crippen molar-refractivity contribution in [1.29, 1.82) is 0 Å². The van der Waals surface area contributed by atoms with Gasteiger partial charge in [-0.3, -0.25) is 4.79 Å². The lowest BCUT2D eigenvalue weighted by Crippen LogP contribution is -2.29. The second kappa shape index (κ2) is 6.82. The quantitative estimate of drug-likeness (QED) is 0.899. The molecular formula is C13H17ClF2N2O. The van der Waals surface area contributed by atoms with E-state index in [1.54, 1.807) is 0 Å². The lowest BCUT2D eigenvalue weighted by Gasteiger charge is -2.17. The van der Waals surface area contributed by atoms with Crippen molar-refractivity contribution in [3.8, 4) is 0 Å². The van der Waals surface area contributed by atoms with Gasteiger partial charge in [-0.2, -0.15) is 0 Å². The number of nitrogens with two attached hydrogens (primary N) is 1. The highest BCUT2D eigenvalue weighted by atomic mass is 35.5. The fourth-order valence-electron chi connectivity index (χ4n) is 2.47.